The summed E-state index contributed by atoms with van der Waals surface area (Å²) in [7, 11) is 0. The van der Waals surface area contributed by atoms with Gasteiger partial charge in [0.2, 0.25) is 0 Å². The van der Waals surface area contributed by atoms with E-state index in [9.17, 15) is 0 Å². The largest absolute Gasteiger partial charge is 0.346 e. The van der Waals surface area contributed by atoms with Crippen LogP contribution < -0.4 is 0 Å². The Kier molecular flexibility index (Phi) is 16.8. The molecule has 0 amide bonds. The first-order valence-corrected chi connectivity index (χ1v) is 4.46. The van der Waals surface area contributed by atoms with Crippen LogP contribution in [-0.4, -0.2) is 0 Å². The molecule has 0 unspecified atom stereocenters. The predicted molar refractivity (Wildman–Crippen MR) is 70.1 cm³/mol. The van der Waals surface area contributed by atoms with Gasteiger partial charge in [-0.1, -0.05) is 33.1 Å². The Bertz CT molecular complexity index is 228. The monoisotopic (exact) mass is 416 g/mol. The Morgan fingerprint density at radius 3 is 1.40 bits per heavy atom. The molecule has 3 heteroatoms. The van der Waals surface area contributed by atoms with Gasteiger partial charge in [-0.15, -0.1) is 31.7 Å². The van der Waals surface area contributed by atoms with Crippen molar-refractivity contribution in [2.45, 2.75) is 41.5 Å². The molecule has 0 atom stereocenters. The first-order chi connectivity index (χ1) is 5.45. The maximum absolute atomic E-state index is 3.44. The minimum Gasteiger partial charge on any atom is -0.346 e. The second-order valence-electron chi connectivity index (χ2n) is 3.62. The fraction of sp³-hybridized carbons (Fsp3) is 0.583. The maximum Gasteiger partial charge on any atom is 0 e. The summed E-state index contributed by atoms with van der Waals surface area (Å²) in [5, 5.41) is 0. The van der Waals surface area contributed by atoms with Crippen molar-refractivity contribution in [3.05, 3.63) is 29.7 Å². The first-order valence-electron chi connectivity index (χ1n) is 4.46. The standard InChI is InChI=1S/C10H15.C2H5.2ClH.Hf/c1-7-6-10(4,5)9(3)8(7)2;1-2;;;/h1-5H3;1H2,2H3;2*1H;/q2*-1;;;. The van der Waals surface area contributed by atoms with Crippen molar-refractivity contribution in [1.82, 2.24) is 0 Å². The van der Waals surface area contributed by atoms with Crippen molar-refractivity contribution in [2.75, 3.05) is 0 Å². The van der Waals surface area contributed by atoms with Gasteiger partial charge in [-0.25, -0.2) is 5.57 Å². The van der Waals surface area contributed by atoms with Gasteiger partial charge in [-0.05, 0) is 0 Å². The second kappa shape index (κ2) is 10.1. The van der Waals surface area contributed by atoms with Crippen molar-refractivity contribution in [3.8, 4) is 0 Å². The molecular weight excluding hydrogens is 394 g/mol. The molecule has 0 nitrogen and oxygen atoms in total. The van der Waals surface area contributed by atoms with Gasteiger partial charge < -0.3 is 6.92 Å². The summed E-state index contributed by atoms with van der Waals surface area (Å²) in [6, 6.07) is 0. The molecule has 0 heterocycles. The van der Waals surface area contributed by atoms with E-state index in [1.54, 1.807) is 6.92 Å². The summed E-state index contributed by atoms with van der Waals surface area (Å²) >= 11 is 0. The van der Waals surface area contributed by atoms with Crippen molar-refractivity contribution >= 4 is 24.8 Å². The van der Waals surface area contributed by atoms with Crippen LogP contribution in [0.4, 0.5) is 0 Å². The first kappa shape index (κ1) is 24.9. The van der Waals surface area contributed by atoms with Gasteiger partial charge in [0.25, 0.3) is 0 Å². The molecule has 1 aliphatic carbocycles. The van der Waals surface area contributed by atoms with Gasteiger partial charge in [0, 0.05) is 25.8 Å². The van der Waals surface area contributed by atoms with Crippen LogP contribution >= 0.6 is 24.8 Å². The quantitative estimate of drug-likeness (QED) is 0.394. The molecule has 0 aliphatic heterocycles. The van der Waals surface area contributed by atoms with E-state index in [0.717, 1.165) is 0 Å². The molecule has 15 heavy (non-hydrogen) atoms. The van der Waals surface area contributed by atoms with Crippen molar-refractivity contribution in [1.29, 1.82) is 0 Å². The fourth-order valence-corrected chi connectivity index (χ4v) is 1.41. The summed E-state index contributed by atoms with van der Waals surface area (Å²) in [6.45, 7) is 15.9. The average molecular weight is 416 g/mol. The Labute approximate surface area is 127 Å². The SMILES string of the molecule is CC1=[C-]C(C)(C)C(C)=C1C.Cl.Cl.[CH2-]C.[Hf]. The van der Waals surface area contributed by atoms with Crippen molar-refractivity contribution in [2.24, 2.45) is 5.41 Å². The van der Waals surface area contributed by atoms with E-state index in [4.69, 9.17) is 0 Å². The number of rotatable bonds is 0. The minimum atomic E-state index is 0. The molecule has 0 aromatic carbocycles. The summed E-state index contributed by atoms with van der Waals surface area (Å²) in [5.41, 5.74) is 4.39. The van der Waals surface area contributed by atoms with Crippen LogP contribution in [-0.2, 0) is 25.8 Å². The topological polar surface area (TPSA) is 0 Å². The van der Waals surface area contributed by atoms with E-state index in [1.165, 1.54) is 16.7 Å². The predicted octanol–water partition coefficient (Wildman–Crippen LogP) is 4.79. The zero-order chi connectivity index (χ0) is 9.94. The molecule has 0 bridgehead atoms. The zero-order valence-corrected chi connectivity index (χ0v) is 15.7. The molecular formula is C12H22Cl2Hf-2. The van der Waals surface area contributed by atoms with Gasteiger partial charge in [0.05, 0.1) is 0 Å². The van der Waals surface area contributed by atoms with E-state index in [-0.39, 0.29) is 56.1 Å². The summed E-state index contributed by atoms with van der Waals surface area (Å²) < 4.78 is 0. The zero-order valence-electron chi connectivity index (χ0n) is 10.5. The van der Waals surface area contributed by atoms with Crippen LogP contribution in [0.2, 0.25) is 0 Å². The van der Waals surface area contributed by atoms with Gasteiger partial charge in [-0.3, -0.25) is 6.08 Å². The average Bonchev–Trinajstić information content (AvgIpc) is 2.19. The van der Waals surface area contributed by atoms with Crippen molar-refractivity contribution < 1.29 is 25.8 Å². The Balaban J connectivity index is -0.000000114. The number of allylic oxidation sites excluding steroid dienone is 4. The Morgan fingerprint density at radius 1 is 1.00 bits per heavy atom. The van der Waals surface area contributed by atoms with Gasteiger partial charge in [0.1, 0.15) is 0 Å². The van der Waals surface area contributed by atoms with E-state index in [0.29, 0.717) is 0 Å². The molecule has 0 saturated carbocycles. The van der Waals surface area contributed by atoms with E-state index in [2.05, 4.69) is 47.6 Å². The molecule has 1 rings (SSSR count). The van der Waals surface area contributed by atoms with E-state index in [1.807, 2.05) is 0 Å². The normalized spacial score (nSPS) is 16.1. The van der Waals surface area contributed by atoms with Gasteiger partial charge in [-0.2, -0.15) is 18.1 Å². The summed E-state index contributed by atoms with van der Waals surface area (Å²) in [6.07, 6.45) is 3.44. The van der Waals surface area contributed by atoms with E-state index >= 15 is 0 Å². The van der Waals surface area contributed by atoms with Crippen LogP contribution in [0.15, 0.2) is 16.7 Å². The molecule has 1 aliphatic rings. The Morgan fingerprint density at radius 2 is 1.33 bits per heavy atom. The summed E-state index contributed by atoms with van der Waals surface area (Å²) in [4.78, 5) is 0. The van der Waals surface area contributed by atoms with Crippen LogP contribution in [0.3, 0.4) is 0 Å². The molecule has 0 radical (unpaired) electrons. The minimum absolute atomic E-state index is 0. The second-order valence-corrected chi connectivity index (χ2v) is 3.62. The van der Waals surface area contributed by atoms with E-state index < -0.39 is 0 Å². The number of halogens is 2. The van der Waals surface area contributed by atoms with Gasteiger partial charge >= 0.3 is 0 Å². The molecule has 0 aromatic heterocycles. The number of hydrogen-bond donors (Lipinski definition) is 0. The molecule has 90 valence electrons. The van der Waals surface area contributed by atoms with Crippen molar-refractivity contribution in [3.63, 3.8) is 0 Å². The maximum atomic E-state index is 3.44. The molecule has 0 saturated heterocycles. The summed E-state index contributed by atoms with van der Waals surface area (Å²) in [5.74, 6) is 0. The molecule has 0 fully saturated rings. The smallest absolute Gasteiger partial charge is 0 e. The van der Waals surface area contributed by atoms with Crippen LogP contribution in [0.1, 0.15) is 41.5 Å². The van der Waals surface area contributed by atoms with Crippen LogP contribution in [0.5, 0.6) is 0 Å². The third-order valence-corrected chi connectivity index (χ3v) is 2.56. The van der Waals surface area contributed by atoms with Gasteiger partial charge in [0.15, 0.2) is 0 Å². The third kappa shape index (κ3) is 6.28. The molecule has 0 N–H and O–H groups in total. The van der Waals surface area contributed by atoms with Crippen LogP contribution in [0, 0.1) is 18.4 Å². The molecule has 0 aromatic rings. The Hall–Kier alpha value is 0.930. The fourth-order valence-electron chi connectivity index (χ4n) is 1.41. The molecule has 0 spiro atoms. The number of hydrogen-bond acceptors (Lipinski definition) is 0. The third-order valence-electron chi connectivity index (χ3n) is 2.56. The van der Waals surface area contributed by atoms with Crippen LogP contribution in [0.25, 0.3) is 0 Å².